The molecule has 0 spiro atoms. The molecule has 2 heterocycles. The van der Waals surface area contributed by atoms with E-state index in [4.69, 9.17) is 4.74 Å². The van der Waals surface area contributed by atoms with Crippen LogP contribution in [0.3, 0.4) is 0 Å². The van der Waals surface area contributed by atoms with Crippen molar-refractivity contribution in [1.29, 1.82) is 0 Å². The number of benzene rings is 2. The number of amides is 1. The van der Waals surface area contributed by atoms with Gasteiger partial charge in [0.2, 0.25) is 10.0 Å². The van der Waals surface area contributed by atoms with E-state index in [0.717, 1.165) is 24.0 Å². The molecule has 0 unspecified atom stereocenters. The molecule has 0 saturated carbocycles. The van der Waals surface area contributed by atoms with E-state index < -0.39 is 28.5 Å². The van der Waals surface area contributed by atoms with Crippen molar-refractivity contribution in [2.45, 2.75) is 24.7 Å². The van der Waals surface area contributed by atoms with Gasteiger partial charge in [0.15, 0.2) is 12.3 Å². The first-order chi connectivity index (χ1) is 15.8. The maximum atomic E-state index is 12.7. The van der Waals surface area contributed by atoms with Crippen molar-refractivity contribution in [3.05, 3.63) is 65.2 Å². The van der Waals surface area contributed by atoms with E-state index in [1.807, 2.05) is 31.2 Å². The van der Waals surface area contributed by atoms with Gasteiger partial charge < -0.3 is 10.1 Å². The van der Waals surface area contributed by atoms with E-state index >= 15 is 0 Å². The van der Waals surface area contributed by atoms with Gasteiger partial charge in [0.1, 0.15) is 5.01 Å². The highest BCUT2D eigenvalue weighted by molar-refractivity contribution is 7.89. The van der Waals surface area contributed by atoms with E-state index in [-0.39, 0.29) is 10.6 Å². The molecule has 1 aliphatic rings. The summed E-state index contributed by atoms with van der Waals surface area (Å²) in [5.41, 5.74) is 2.46. The molecule has 8 nitrogen and oxygen atoms in total. The van der Waals surface area contributed by atoms with E-state index in [9.17, 15) is 18.0 Å². The molecule has 1 amide bonds. The molecule has 1 N–H and O–H groups in total. The van der Waals surface area contributed by atoms with Gasteiger partial charge in [-0.25, -0.2) is 18.2 Å². The minimum atomic E-state index is -3.59. The van der Waals surface area contributed by atoms with Gasteiger partial charge in [-0.3, -0.25) is 4.79 Å². The minimum Gasteiger partial charge on any atom is -0.451 e. The smallest absolute Gasteiger partial charge is 0.358 e. The molecule has 1 saturated heterocycles. The number of sulfonamides is 1. The summed E-state index contributed by atoms with van der Waals surface area (Å²) in [6.07, 6.45) is 1.68. The lowest BCUT2D eigenvalue weighted by Gasteiger charge is -2.16. The number of hydrogen-bond donors (Lipinski definition) is 1. The SMILES string of the molecule is Cc1ccc(-c2nc(C(=O)OCC(=O)Nc3cccc(S(=O)(=O)N4CCCC4)c3)cs2)cc1. The zero-order chi connectivity index (χ0) is 23.4. The number of hydrogen-bond acceptors (Lipinski definition) is 7. The molecular formula is C23H23N3O5S2. The molecular weight excluding hydrogens is 462 g/mol. The Labute approximate surface area is 196 Å². The average molecular weight is 486 g/mol. The fourth-order valence-corrected chi connectivity index (χ4v) is 5.77. The monoisotopic (exact) mass is 485 g/mol. The Kier molecular flexibility index (Phi) is 6.87. The molecule has 1 aromatic heterocycles. The van der Waals surface area contributed by atoms with Gasteiger partial charge in [0.25, 0.3) is 5.91 Å². The first-order valence-corrected chi connectivity index (χ1v) is 12.7. The van der Waals surface area contributed by atoms with Crippen LogP contribution in [0.5, 0.6) is 0 Å². The van der Waals surface area contributed by atoms with Crippen molar-refractivity contribution < 1.29 is 22.7 Å². The second kappa shape index (κ2) is 9.82. The Hall–Kier alpha value is -3.08. The van der Waals surface area contributed by atoms with Gasteiger partial charge in [-0.1, -0.05) is 35.9 Å². The summed E-state index contributed by atoms with van der Waals surface area (Å²) >= 11 is 1.31. The van der Waals surface area contributed by atoms with Gasteiger partial charge >= 0.3 is 5.97 Å². The predicted octanol–water partition coefficient (Wildman–Crippen LogP) is 3.70. The fraction of sp³-hybridized carbons (Fsp3) is 0.261. The number of anilines is 1. The Morgan fingerprint density at radius 1 is 1.12 bits per heavy atom. The molecule has 0 aliphatic carbocycles. The molecule has 1 aliphatic heterocycles. The summed E-state index contributed by atoms with van der Waals surface area (Å²) in [5.74, 6) is -1.28. The number of nitrogens with one attached hydrogen (secondary N) is 1. The van der Waals surface area contributed by atoms with Gasteiger partial charge in [-0.05, 0) is 38.0 Å². The summed E-state index contributed by atoms with van der Waals surface area (Å²) in [6, 6.07) is 13.8. The number of carbonyl (C=O) groups is 2. The van der Waals surface area contributed by atoms with Crippen LogP contribution in [0.2, 0.25) is 0 Å². The number of rotatable bonds is 7. The van der Waals surface area contributed by atoms with Gasteiger partial charge in [0.05, 0.1) is 4.90 Å². The van der Waals surface area contributed by atoms with Crippen molar-refractivity contribution in [2.24, 2.45) is 0 Å². The second-order valence-electron chi connectivity index (χ2n) is 7.67. The highest BCUT2D eigenvalue weighted by Crippen LogP contribution is 2.25. The van der Waals surface area contributed by atoms with E-state index in [1.165, 1.54) is 27.8 Å². The van der Waals surface area contributed by atoms with Crippen LogP contribution >= 0.6 is 11.3 Å². The largest absolute Gasteiger partial charge is 0.451 e. The van der Waals surface area contributed by atoms with E-state index in [1.54, 1.807) is 17.5 Å². The second-order valence-corrected chi connectivity index (χ2v) is 10.5. The lowest BCUT2D eigenvalue weighted by molar-refractivity contribution is -0.119. The summed E-state index contributed by atoms with van der Waals surface area (Å²) in [7, 11) is -3.59. The number of ether oxygens (including phenoxy) is 1. The molecule has 33 heavy (non-hydrogen) atoms. The van der Waals surface area contributed by atoms with E-state index in [0.29, 0.717) is 23.8 Å². The Morgan fingerprint density at radius 3 is 2.58 bits per heavy atom. The number of esters is 1. The fourth-order valence-electron chi connectivity index (χ4n) is 3.41. The molecule has 0 bridgehead atoms. The van der Waals surface area contributed by atoms with Crippen molar-refractivity contribution in [3.63, 3.8) is 0 Å². The molecule has 10 heteroatoms. The van der Waals surface area contributed by atoms with Crippen molar-refractivity contribution in [2.75, 3.05) is 25.0 Å². The number of aromatic nitrogens is 1. The highest BCUT2D eigenvalue weighted by Gasteiger charge is 2.27. The van der Waals surface area contributed by atoms with Crippen LogP contribution in [-0.4, -0.2) is 49.3 Å². The Balaban J connectivity index is 1.34. The van der Waals surface area contributed by atoms with Crippen LogP contribution in [-0.2, 0) is 19.6 Å². The quantitative estimate of drug-likeness (QED) is 0.512. The first kappa shape index (κ1) is 23.1. The maximum Gasteiger partial charge on any atom is 0.358 e. The number of carbonyl (C=O) groups excluding carboxylic acids is 2. The zero-order valence-electron chi connectivity index (χ0n) is 18.0. The van der Waals surface area contributed by atoms with Crippen molar-refractivity contribution in [1.82, 2.24) is 9.29 Å². The molecule has 0 radical (unpaired) electrons. The zero-order valence-corrected chi connectivity index (χ0v) is 19.6. The summed E-state index contributed by atoms with van der Waals surface area (Å²) in [4.78, 5) is 29.0. The van der Waals surface area contributed by atoms with Crippen LogP contribution in [0.25, 0.3) is 10.6 Å². The predicted molar refractivity (Wildman–Crippen MR) is 126 cm³/mol. The van der Waals surface area contributed by atoms with Gasteiger partial charge in [-0.15, -0.1) is 11.3 Å². The third-order valence-corrected chi connectivity index (χ3v) is 7.95. The number of nitrogens with zero attached hydrogens (tertiary/aromatic N) is 2. The van der Waals surface area contributed by atoms with Crippen molar-refractivity contribution in [3.8, 4) is 10.6 Å². The van der Waals surface area contributed by atoms with Gasteiger partial charge in [0, 0.05) is 29.7 Å². The Bertz CT molecular complexity index is 1260. The van der Waals surface area contributed by atoms with Crippen molar-refractivity contribution >= 4 is 38.9 Å². The summed E-state index contributed by atoms with van der Waals surface area (Å²) < 4.78 is 31.9. The Morgan fingerprint density at radius 2 is 1.85 bits per heavy atom. The number of thiazole rings is 1. The lowest BCUT2D eigenvalue weighted by atomic mass is 10.2. The topological polar surface area (TPSA) is 106 Å². The summed E-state index contributed by atoms with van der Waals surface area (Å²) in [5, 5.41) is 4.84. The minimum absolute atomic E-state index is 0.116. The summed E-state index contributed by atoms with van der Waals surface area (Å²) in [6.45, 7) is 2.47. The third kappa shape index (κ3) is 5.47. The molecule has 2 aromatic carbocycles. The average Bonchev–Trinajstić information content (AvgIpc) is 3.51. The first-order valence-electron chi connectivity index (χ1n) is 10.4. The lowest BCUT2D eigenvalue weighted by Crippen LogP contribution is -2.28. The van der Waals surface area contributed by atoms with Crippen LogP contribution in [0.4, 0.5) is 5.69 Å². The normalized spacial score (nSPS) is 14.2. The molecule has 172 valence electrons. The van der Waals surface area contributed by atoms with Crippen LogP contribution in [0.15, 0.2) is 58.8 Å². The maximum absolute atomic E-state index is 12.7. The number of aryl methyl sites for hydroxylation is 1. The van der Waals surface area contributed by atoms with E-state index in [2.05, 4.69) is 10.3 Å². The van der Waals surface area contributed by atoms with Crippen LogP contribution in [0, 0.1) is 6.92 Å². The molecule has 3 aromatic rings. The molecule has 4 rings (SSSR count). The standard InChI is InChI=1S/C23H23N3O5S2/c1-16-7-9-17(10-8-16)22-25-20(15-32-22)23(28)31-14-21(27)24-18-5-4-6-19(13-18)33(29,30)26-11-2-3-12-26/h4-10,13,15H,2-3,11-12,14H2,1H3,(H,24,27). The van der Waals surface area contributed by atoms with Gasteiger partial charge in [-0.2, -0.15) is 4.31 Å². The third-order valence-electron chi connectivity index (χ3n) is 5.17. The molecule has 1 fully saturated rings. The van der Waals surface area contributed by atoms with Crippen LogP contribution in [0.1, 0.15) is 28.9 Å². The molecule has 0 atom stereocenters. The highest BCUT2D eigenvalue weighted by atomic mass is 32.2. The van der Waals surface area contributed by atoms with Crippen LogP contribution < -0.4 is 5.32 Å².